The molecule has 0 aliphatic heterocycles. The second-order valence-electron chi connectivity index (χ2n) is 4.26. The van der Waals surface area contributed by atoms with E-state index in [1.165, 1.54) is 0 Å². The van der Waals surface area contributed by atoms with E-state index in [9.17, 15) is 0 Å². The van der Waals surface area contributed by atoms with Crippen LogP contribution in [0.15, 0.2) is 23.0 Å². The number of rotatable bonds is 3. The second-order valence-corrected chi connectivity index (χ2v) is 4.53. The Kier molecular flexibility index (Phi) is 2.63. The van der Waals surface area contributed by atoms with Crippen LogP contribution < -0.4 is 0 Å². The molecule has 0 amide bonds. The Bertz CT molecular complexity index is 681. The number of fused-ring (bicyclic) bond motifs is 1. The molecular formula is C12H13ClN4O. The Labute approximate surface area is 109 Å². The normalized spacial score (nSPS) is 11.5. The fourth-order valence-electron chi connectivity index (χ4n) is 2.21. The van der Waals surface area contributed by atoms with Crippen molar-refractivity contribution in [2.24, 2.45) is 7.05 Å². The van der Waals surface area contributed by atoms with Crippen molar-refractivity contribution in [3.05, 3.63) is 35.7 Å². The molecule has 0 saturated heterocycles. The topological polar surface area (TPSA) is 48.8 Å². The summed E-state index contributed by atoms with van der Waals surface area (Å²) in [5.74, 6) is 1.23. The van der Waals surface area contributed by atoms with Crippen LogP contribution in [-0.4, -0.2) is 19.3 Å². The molecule has 3 aromatic heterocycles. The van der Waals surface area contributed by atoms with Crippen molar-refractivity contribution in [2.75, 3.05) is 0 Å². The highest BCUT2D eigenvalue weighted by atomic mass is 35.5. The van der Waals surface area contributed by atoms with Gasteiger partial charge in [-0.25, -0.2) is 4.98 Å². The molecule has 0 aromatic carbocycles. The van der Waals surface area contributed by atoms with Gasteiger partial charge in [0.25, 0.3) is 0 Å². The highest BCUT2D eigenvalue weighted by molar-refractivity contribution is 6.16. The molecule has 0 aliphatic rings. The lowest BCUT2D eigenvalue weighted by Gasteiger charge is -2.06. The summed E-state index contributed by atoms with van der Waals surface area (Å²) in [6, 6.07) is 1.94. The van der Waals surface area contributed by atoms with Crippen LogP contribution in [0.4, 0.5) is 0 Å². The SMILES string of the molecule is Cc1nn(C)c2c1nc(CCl)n2Cc1ccoc1. The van der Waals surface area contributed by atoms with Gasteiger partial charge in [0.1, 0.15) is 11.3 Å². The molecule has 0 atom stereocenters. The molecule has 0 fully saturated rings. The fourth-order valence-corrected chi connectivity index (χ4v) is 2.42. The van der Waals surface area contributed by atoms with Gasteiger partial charge in [-0.2, -0.15) is 5.10 Å². The van der Waals surface area contributed by atoms with E-state index in [0.29, 0.717) is 12.4 Å². The lowest BCUT2D eigenvalue weighted by molar-refractivity contribution is 0.561. The molecule has 3 aromatic rings. The smallest absolute Gasteiger partial charge is 0.159 e. The maximum Gasteiger partial charge on any atom is 0.159 e. The van der Waals surface area contributed by atoms with Crippen LogP contribution in [0.25, 0.3) is 11.2 Å². The van der Waals surface area contributed by atoms with E-state index in [1.807, 2.05) is 24.7 Å². The number of hydrogen-bond acceptors (Lipinski definition) is 3. The molecule has 18 heavy (non-hydrogen) atoms. The monoisotopic (exact) mass is 264 g/mol. The Morgan fingerprint density at radius 2 is 2.28 bits per heavy atom. The zero-order valence-electron chi connectivity index (χ0n) is 10.2. The zero-order chi connectivity index (χ0) is 12.7. The first kappa shape index (κ1) is 11.3. The summed E-state index contributed by atoms with van der Waals surface area (Å²) in [4.78, 5) is 4.55. The summed E-state index contributed by atoms with van der Waals surface area (Å²) < 4.78 is 9.01. The fraction of sp³-hybridized carbons (Fsp3) is 0.333. The number of furan rings is 1. The van der Waals surface area contributed by atoms with Gasteiger partial charge >= 0.3 is 0 Å². The number of halogens is 1. The summed E-state index contributed by atoms with van der Waals surface area (Å²) in [7, 11) is 1.92. The minimum Gasteiger partial charge on any atom is -0.472 e. The molecular weight excluding hydrogens is 252 g/mol. The van der Waals surface area contributed by atoms with Crippen LogP contribution >= 0.6 is 11.6 Å². The van der Waals surface area contributed by atoms with E-state index in [4.69, 9.17) is 16.0 Å². The molecule has 0 bridgehead atoms. The van der Waals surface area contributed by atoms with Gasteiger partial charge in [-0.1, -0.05) is 0 Å². The summed E-state index contributed by atoms with van der Waals surface area (Å²) in [5.41, 5.74) is 3.91. The summed E-state index contributed by atoms with van der Waals surface area (Å²) in [6.45, 7) is 2.64. The highest BCUT2D eigenvalue weighted by Crippen LogP contribution is 2.21. The molecule has 94 valence electrons. The van der Waals surface area contributed by atoms with Crippen LogP contribution in [0.3, 0.4) is 0 Å². The van der Waals surface area contributed by atoms with Gasteiger partial charge in [-0.15, -0.1) is 11.6 Å². The van der Waals surface area contributed by atoms with Crippen LogP contribution in [-0.2, 0) is 19.5 Å². The molecule has 0 spiro atoms. The lowest BCUT2D eigenvalue weighted by Crippen LogP contribution is -2.07. The number of imidazole rings is 1. The zero-order valence-corrected chi connectivity index (χ0v) is 11.0. The van der Waals surface area contributed by atoms with Crippen molar-refractivity contribution in [3.63, 3.8) is 0 Å². The molecule has 3 rings (SSSR count). The van der Waals surface area contributed by atoms with E-state index in [0.717, 1.165) is 28.2 Å². The Morgan fingerprint density at radius 1 is 1.44 bits per heavy atom. The number of aryl methyl sites for hydroxylation is 2. The Hall–Kier alpha value is -1.75. The average molecular weight is 265 g/mol. The third-order valence-corrected chi connectivity index (χ3v) is 3.25. The van der Waals surface area contributed by atoms with Crippen molar-refractivity contribution in [3.8, 4) is 0 Å². The Balaban J connectivity index is 2.18. The summed E-state index contributed by atoms with van der Waals surface area (Å²) in [5, 5.41) is 4.38. The van der Waals surface area contributed by atoms with E-state index < -0.39 is 0 Å². The quantitative estimate of drug-likeness (QED) is 0.683. The molecule has 6 heteroatoms. The van der Waals surface area contributed by atoms with E-state index in [-0.39, 0.29) is 0 Å². The molecule has 0 radical (unpaired) electrons. The maximum atomic E-state index is 5.97. The van der Waals surface area contributed by atoms with Gasteiger partial charge in [0.2, 0.25) is 0 Å². The number of nitrogens with zero attached hydrogens (tertiary/aromatic N) is 4. The average Bonchev–Trinajstić information content (AvgIpc) is 3.01. The van der Waals surface area contributed by atoms with Crippen molar-refractivity contribution in [1.82, 2.24) is 19.3 Å². The molecule has 0 saturated carbocycles. The van der Waals surface area contributed by atoms with E-state index >= 15 is 0 Å². The van der Waals surface area contributed by atoms with Crippen molar-refractivity contribution in [1.29, 1.82) is 0 Å². The van der Waals surface area contributed by atoms with Gasteiger partial charge in [0.05, 0.1) is 30.6 Å². The molecule has 3 heterocycles. The van der Waals surface area contributed by atoms with Crippen molar-refractivity contribution in [2.45, 2.75) is 19.3 Å². The first-order valence-electron chi connectivity index (χ1n) is 5.66. The van der Waals surface area contributed by atoms with E-state index in [1.54, 1.807) is 12.5 Å². The number of alkyl halides is 1. The number of hydrogen-bond donors (Lipinski definition) is 0. The van der Waals surface area contributed by atoms with Gasteiger partial charge in [0, 0.05) is 12.6 Å². The first-order valence-corrected chi connectivity index (χ1v) is 6.20. The van der Waals surface area contributed by atoms with Gasteiger partial charge in [-0.05, 0) is 13.0 Å². The van der Waals surface area contributed by atoms with Gasteiger partial charge < -0.3 is 8.98 Å². The van der Waals surface area contributed by atoms with Crippen LogP contribution in [0.2, 0.25) is 0 Å². The van der Waals surface area contributed by atoms with Crippen molar-refractivity contribution < 1.29 is 4.42 Å². The maximum absolute atomic E-state index is 5.97. The van der Waals surface area contributed by atoms with Crippen LogP contribution in [0.5, 0.6) is 0 Å². The van der Waals surface area contributed by atoms with Gasteiger partial charge in [-0.3, -0.25) is 4.68 Å². The lowest BCUT2D eigenvalue weighted by atomic mass is 10.3. The summed E-state index contributed by atoms with van der Waals surface area (Å²) >= 11 is 5.97. The van der Waals surface area contributed by atoms with Gasteiger partial charge in [0.15, 0.2) is 5.65 Å². The largest absolute Gasteiger partial charge is 0.472 e. The Morgan fingerprint density at radius 3 is 2.94 bits per heavy atom. The molecule has 0 aliphatic carbocycles. The predicted molar refractivity (Wildman–Crippen MR) is 68.6 cm³/mol. The second kappa shape index (κ2) is 4.17. The van der Waals surface area contributed by atoms with Crippen LogP contribution in [0, 0.1) is 6.92 Å². The minimum absolute atomic E-state index is 0.381. The predicted octanol–water partition coefficient (Wildman–Crippen LogP) is 2.46. The first-order chi connectivity index (χ1) is 8.70. The number of aromatic nitrogens is 4. The highest BCUT2D eigenvalue weighted by Gasteiger charge is 2.17. The minimum atomic E-state index is 0.381. The molecule has 5 nitrogen and oxygen atoms in total. The van der Waals surface area contributed by atoms with Crippen LogP contribution in [0.1, 0.15) is 17.1 Å². The summed E-state index contributed by atoms with van der Waals surface area (Å²) in [6.07, 6.45) is 3.39. The molecule has 0 unspecified atom stereocenters. The standard InChI is InChI=1S/C12H13ClN4O/c1-8-11-12(16(2)15-8)17(10(5-13)14-11)6-9-3-4-18-7-9/h3-4,7H,5-6H2,1-2H3. The van der Waals surface area contributed by atoms with E-state index in [2.05, 4.69) is 14.6 Å². The molecule has 0 N–H and O–H groups in total. The third kappa shape index (κ3) is 1.62. The van der Waals surface area contributed by atoms with Crippen molar-refractivity contribution >= 4 is 22.8 Å². The third-order valence-electron chi connectivity index (χ3n) is 3.01.